The molecule has 1 amide bonds. The molecule has 1 unspecified atom stereocenters. The Hall–Kier alpha value is -3.98. The Labute approximate surface area is 306 Å². The number of aromatic hydroxyl groups is 1. The van der Waals surface area contributed by atoms with Crippen LogP contribution in [0.4, 0.5) is 11.4 Å². The molecular formula is C40H49AgN3O5. The van der Waals surface area contributed by atoms with E-state index in [0.717, 1.165) is 30.6 Å². The average molecular weight is 760 g/mol. The molecule has 0 aromatic heterocycles. The Kier molecular flexibility index (Phi) is 13.8. The number of benzene rings is 4. The van der Waals surface area contributed by atoms with Crippen molar-refractivity contribution in [1.29, 1.82) is 0 Å². The zero-order valence-corrected chi connectivity index (χ0v) is 31.3. The molecular weight excluding hydrogens is 710 g/mol. The van der Waals surface area contributed by atoms with Crippen LogP contribution in [-0.4, -0.2) is 29.8 Å². The Morgan fingerprint density at radius 2 is 1.43 bits per heavy atom. The van der Waals surface area contributed by atoms with Crippen molar-refractivity contribution < 1.29 is 46.5 Å². The molecule has 49 heavy (non-hydrogen) atoms. The van der Waals surface area contributed by atoms with Gasteiger partial charge in [-0.1, -0.05) is 103 Å². The third-order valence-corrected chi connectivity index (χ3v) is 9.27. The third-order valence-electron chi connectivity index (χ3n) is 9.27. The number of hydrogen-bond acceptors (Lipinski definition) is 7. The number of carbonyl (C=O) groups is 2. The minimum atomic E-state index is -0.647. The smallest absolute Gasteiger partial charge is 0.340 e. The molecule has 0 aliphatic carbocycles. The maximum Gasteiger partial charge on any atom is 0.340 e. The standard InChI is InChI=1S/C40H49N3O5.Ag/c1-9-17-35(48-34-23-22-26(39(5,6)10-2)24-31(34)40(7,8)11-3)41-37(45)30-25-33(27-18-13-14-19-28(27)36(30)44)43-42-32-21-16-15-20-29(32)38(46)47-12-4;/h13-16,18-25,35,44H,9-12,17H2,1-8H3,(H,41,45);. The van der Waals surface area contributed by atoms with Crippen molar-refractivity contribution in [2.75, 3.05) is 6.61 Å². The topological polar surface area (TPSA) is 110 Å². The number of nitrogens with one attached hydrogen (secondary N) is 1. The molecule has 0 saturated carbocycles. The van der Waals surface area contributed by atoms with E-state index in [1.54, 1.807) is 49.4 Å². The summed E-state index contributed by atoms with van der Waals surface area (Å²) in [6.07, 6.45) is 2.60. The summed E-state index contributed by atoms with van der Waals surface area (Å²) in [6.45, 7) is 17.3. The van der Waals surface area contributed by atoms with Gasteiger partial charge in [-0.05, 0) is 60.4 Å². The molecule has 4 aromatic carbocycles. The summed E-state index contributed by atoms with van der Waals surface area (Å²) in [5.74, 6) is -0.434. The van der Waals surface area contributed by atoms with Gasteiger partial charge in [0.1, 0.15) is 17.2 Å². The quantitative estimate of drug-likeness (QED) is 0.0576. The van der Waals surface area contributed by atoms with Crippen molar-refractivity contribution in [2.45, 2.75) is 98.1 Å². The molecule has 9 heteroatoms. The van der Waals surface area contributed by atoms with Gasteiger partial charge in [-0.15, -0.1) is 10.2 Å². The van der Waals surface area contributed by atoms with E-state index in [0.29, 0.717) is 28.6 Å². The van der Waals surface area contributed by atoms with E-state index in [4.69, 9.17) is 9.47 Å². The first kappa shape index (κ1) is 39.5. The molecule has 2 N–H and O–H groups in total. The molecule has 0 fully saturated rings. The van der Waals surface area contributed by atoms with Crippen LogP contribution in [0.5, 0.6) is 11.5 Å². The minimum absolute atomic E-state index is 0. The molecule has 0 spiro atoms. The first-order chi connectivity index (χ1) is 22.9. The normalized spacial score (nSPS) is 12.4. The number of phenols is 1. The monoisotopic (exact) mass is 758 g/mol. The van der Waals surface area contributed by atoms with E-state index in [-0.39, 0.29) is 56.7 Å². The molecule has 4 aromatic rings. The second kappa shape index (κ2) is 17.1. The van der Waals surface area contributed by atoms with E-state index >= 15 is 0 Å². The van der Waals surface area contributed by atoms with Gasteiger partial charge in [0, 0.05) is 45.1 Å². The number of azo groups is 1. The fourth-order valence-corrected chi connectivity index (χ4v) is 5.42. The van der Waals surface area contributed by atoms with Gasteiger partial charge in [0.25, 0.3) is 5.91 Å². The van der Waals surface area contributed by atoms with Gasteiger partial charge in [0.15, 0.2) is 6.23 Å². The van der Waals surface area contributed by atoms with Crippen LogP contribution in [0.15, 0.2) is 83.0 Å². The number of carbonyl (C=O) groups excluding carboxylic acids is 2. The molecule has 265 valence electrons. The molecule has 8 nitrogen and oxygen atoms in total. The average Bonchev–Trinajstić information content (AvgIpc) is 3.08. The van der Waals surface area contributed by atoms with Gasteiger partial charge in [-0.3, -0.25) is 4.79 Å². The Balaban J connectivity index is 0.00000650. The molecule has 0 aliphatic rings. The van der Waals surface area contributed by atoms with E-state index in [1.807, 2.05) is 19.1 Å². The maximum absolute atomic E-state index is 13.9. The van der Waals surface area contributed by atoms with Gasteiger partial charge in [0.05, 0.1) is 23.4 Å². The predicted molar refractivity (Wildman–Crippen MR) is 192 cm³/mol. The van der Waals surface area contributed by atoms with E-state index in [9.17, 15) is 14.7 Å². The van der Waals surface area contributed by atoms with Gasteiger partial charge in [0.2, 0.25) is 0 Å². The molecule has 0 aliphatic heterocycles. The van der Waals surface area contributed by atoms with E-state index < -0.39 is 18.1 Å². The van der Waals surface area contributed by atoms with Crippen molar-refractivity contribution in [3.63, 3.8) is 0 Å². The fourth-order valence-electron chi connectivity index (χ4n) is 5.42. The number of ether oxygens (including phenoxy) is 2. The number of rotatable bonds is 14. The van der Waals surface area contributed by atoms with Crippen LogP contribution in [0.1, 0.15) is 113 Å². The second-order valence-electron chi connectivity index (χ2n) is 13.3. The molecule has 0 saturated heterocycles. The molecule has 1 atom stereocenters. The van der Waals surface area contributed by atoms with Gasteiger partial charge >= 0.3 is 5.97 Å². The summed E-state index contributed by atoms with van der Waals surface area (Å²) in [5.41, 5.74) is 3.21. The molecule has 4 rings (SSSR count). The number of hydrogen-bond donors (Lipinski definition) is 2. The van der Waals surface area contributed by atoms with Crippen LogP contribution in [0.3, 0.4) is 0 Å². The van der Waals surface area contributed by atoms with E-state index in [2.05, 4.69) is 69.2 Å². The number of amides is 1. The minimum Gasteiger partial charge on any atom is -0.506 e. The van der Waals surface area contributed by atoms with Gasteiger partial charge in [-0.2, -0.15) is 0 Å². The number of esters is 1. The number of phenolic OH excluding ortho intramolecular Hbond substituents is 1. The van der Waals surface area contributed by atoms with Crippen molar-refractivity contribution in [3.8, 4) is 11.5 Å². The summed E-state index contributed by atoms with van der Waals surface area (Å²) in [5, 5.41) is 24.2. The second-order valence-corrected chi connectivity index (χ2v) is 13.3. The largest absolute Gasteiger partial charge is 0.506 e. The number of fused-ring (bicyclic) bond motifs is 1. The first-order valence-corrected chi connectivity index (χ1v) is 16.9. The van der Waals surface area contributed by atoms with Crippen molar-refractivity contribution >= 4 is 34.0 Å². The zero-order valence-electron chi connectivity index (χ0n) is 29.8. The third kappa shape index (κ3) is 9.18. The summed E-state index contributed by atoms with van der Waals surface area (Å²) >= 11 is 0. The fraction of sp³-hybridized carbons (Fsp3) is 0.400. The van der Waals surface area contributed by atoms with Gasteiger partial charge in [-0.25, -0.2) is 4.79 Å². The van der Waals surface area contributed by atoms with Crippen LogP contribution >= 0.6 is 0 Å². The number of nitrogens with zero attached hydrogens (tertiary/aromatic N) is 2. The van der Waals surface area contributed by atoms with Crippen molar-refractivity contribution in [3.05, 3.63) is 95.1 Å². The first-order valence-electron chi connectivity index (χ1n) is 16.9. The molecule has 1 radical (unpaired) electrons. The van der Waals surface area contributed by atoms with Gasteiger partial charge < -0.3 is 19.9 Å². The van der Waals surface area contributed by atoms with Crippen molar-refractivity contribution in [2.24, 2.45) is 10.2 Å². The van der Waals surface area contributed by atoms with Crippen LogP contribution in [-0.2, 0) is 37.9 Å². The van der Waals surface area contributed by atoms with Crippen molar-refractivity contribution in [1.82, 2.24) is 5.32 Å². The van der Waals surface area contributed by atoms with Crippen LogP contribution in [0.2, 0.25) is 0 Å². The summed E-state index contributed by atoms with van der Waals surface area (Å²) < 4.78 is 11.8. The van der Waals surface area contributed by atoms with Crippen LogP contribution in [0.25, 0.3) is 10.8 Å². The maximum atomic E-state index is 13.9. The van der Waals surface area contributed by atoms with Crippen LogP contribution < -0.4 is 10.1 Å². The van der Waals surface area contributed by atoms with E-state index in [1.165, 1.54) is 11.6 Å². The summed E-state index contributed by atoms with van der Waals surface area (Å²) in [7, 11) is 0. The van der Waals surface area contributed by atoms with Crippen LogP contribution in [0, 0.1) is 0 Å². The Morgan fingerprint density at radius 3 is 2.08 bits per heavy atom. The summed E-state index contributed by atoms with van der Waals surface area (Å²) in [4.78, 5) is 26.4. The molecule has 0 bridgehead atoms. The summed E-state index contributed by atoms with van der Waals surface area (Å²) in [6, 6.07) is 21.8. The SMILES string of the molecule is CCCC(NC(=O)c1cc(N=Nc2ccccc2C(=O)OCC)c2ccccc2c1O)Oc1ccc(C(C)(C)CC)cc1C(C)(C)CC.[Ag]. The Morgan fingerprint density at radius 1 is 0.796 bits per heavy atom. The molecule has 0 heterocycles. The predicted octanol–water partition coefficient (Wildman–Crippen LogP) is 10.4. The zero-order chi connectivity index (χ0) is 35.1. The Bertz CT molecular complexity index is 1800.